The molecule has 0 aliphatic heterocycles. The van der Waals surface area contributed by atoms with Crippen molar-refractivity contribution in [1.82, 2.24) is 0 Å². The third-order valence-corrected chi connectivity index (χ3v) is 3.94. The summed E-state index contributed by atoms with van der Waals surface area (Å²) in [6.07, 6.45) is 0.536. The van der Waals surface area contributed by atoms with Crippen LogP contribution in [0, 0.1) is 5.82 Å². The lowest BCUT2D eigenvalue weighted by Crippen LogP contribution is -2.30. The summed E-state index contributed by atoms with van der Waals surface area (Å²) in [4.78, 5) is 24.7. The van der Waals surface area contributed by atoms with Gasteiger partial charge in [-0.25, -0.2) is 9.18 Å². The summed E-state index contributed by atoms with van der Waals surface area (Å²) in [5.74, 6) is -0.836. The van der Waals surface area contributed by atoms with Crippen LogP contribution in [0.25, 0.3) is 0 Å². The Kier molecular flexibility index (Phi) is 6.06. The van der Waals surface area contributed by atoms with Crippen LogP contribution >= 0.6 is 0 Å². The number of ether oxygens (including phenoxy) is 1. The number of hydrogen-bond donors (Lipinski definition) is 2. The predicted molar refractivity (Wildman–Crippen MR) is 102 cm³/mol. The minimum atomic E-state index is -1.03. The maximum absolute atomic E-state index is 12.9. The zero-order valence-corrected chi connectivity index (χ0v) is 15.1. The van der Waals surface area contributed by atoms with Crippen LogP contribution in [-0.4, -0.2) is 18.0 Å². The molecule has 144 valence electrons. The van der Waals surface area contributed by atoms with Gasteiger partial charge in [-0.2, -0.15) is 0 Å². The van der Waals surface area contributed by atoms with Crippen LogP contribution in [0.5, 0.6) is 0 Å². The van der Waals surface area contributed by atoms with E-state index in [1.807, 2.05) is 6.07 Å². The third-order valence-electron chi connectivity index (χ3n) is 3.94. The average molecular weight is 382 g/mol. The van der Waals surface area contributed by atoms with Crippen LogP contribution in [0.3, 0.4) is 0 Å². The Balaban J connectivity index is 1.61. The number of para-hydroxylation sites is 1. The zero-order chi connectivity index (χ0) is 19.9. The number of anilines is 2. The van der Waals surface area contributed by atoms with E-state index in [4.69, 9.17) is 9.15 Å². The molecule has 6 nitrogen and oxygen atoms in total. The molecule has 0 bridgehead atoms. The molecule has 0 fully saturated rings. The molecular weight excluding hydrogens is 363 g/mol. The molecule has 2 aromatic carbocycles. The first-order valence-corrected chi connectivity index (χ1v) is 8.65. The van der Waals surface area contributed by atoms with Gasteiger partial charge in [0.1, 0.15) is 11.6 Å². The van der Waals surface area contributed by atoms with Gasteiger partial charge in [0, 0.05) is 11.4 Å². The van der Waals surface area contributed by atoms with Crippen molar-refractivity contribution >= 4 is 23.3 Å². The fourth-order valence-electron chi connectivity index (χ4n) is 2.47. The Morgan fingerprint density at radius 1 is 1.07 bits per heavy atom. The van der Waals surface area contributed by atoms with Crippen LogP contribution in [0.4, 0.5) is 15.8 Å². The van der Waals surface area contributed by atoms with Crippen molar-refractivity contribution in [2.45, 2.75) is 19.6 Å². The number of carbonyl (C=O) groups is 2. The maximum atomic E-state index is 12.9. The lowest BCUT2D eigenvalue weighted by molar-refractivity contribution is -0.123. The summed E-state index contributed by atoms with van der Waals surface area (Å²) in [7, 11) is 0. The molecular formula is C21H19FN2O4. The molecule has 1 atom stereocenters. The van der Waals surface area contributed by atoms with Crippen molar-refractivity contribution in [1.29, 1.82) is 0 Å². The first kappa shape index (κ1) is 19.2. The van der Waals surface area contributed by atoms with E-state index in [0.717, 1.165) is 5.76 Å². The first-order chi connectivity index (χ1) is 13.5. The Morgan fingerprint density at radius 2 is 1.82 bits per heavy atom. The van der Waals surface area contributed by atoms with E-state index >= 15 is 0 Å². The number of nitrogens with one attached hydrogen (secondary N) is 2. The van der Waals surface area contributed by atoms with Crippen molar-refractivity contribution in [3.05, 3.63) is 84.1 Å². The standard InChI is InChI=1S/C21H19FN2O4/c1-14(20(25)24-16-10-8-15(22)9-11-16)28-21(26)18-6-2-3-7-19(18)23-13-17-5-4-12-27-17/h2-12,14,23H,13H2,1H3,(H,24,25)/t14-/m0/s1. The largest absolute Gasteiger partial charge is 0.467 e. The molecule has 1 heterocycles. The molecule has 0 radical (unpaired) electrons. The summed E-state index contributed by atoms with van der Waals surface area (Å²) < 4.78 is 23.5. The number of halogens is 1. The van der Waals surface area contributed by atoms with Crippen molar-refractivity contribution in [2.75, 3.05) is 10.6 Å². The number of amides is 1. The fraction of sp³-hybridized carbons (Fsp3) is 0.143. The molecule has 28 heavy (non-hydrogen) atoms. The highest BCUT2D eigenvalue weighted by molar-refractivity contribution is 5.99. The van der Waals surface area contributed by atoms with Crippen LogP contribution < -0.4 is 10.6 Å². The van der Waals surface area contributed by atoms with Crippen LogP contribution in [0.15, 0.2) is 71.3 Å². The molecule has 3 rings (SSSR count). The number of carbonyl (C=O) groups excluding carboxylic acids is 2. The summed E-state index contributed by atoms with van der Waals surface area (Å²) in [5, 5.41) is 5.69. The van der Waals surface area contributed by atoms with E-state index < -0.39 is 23.8 Å². The van der Waals surface area contributed by atoms with Gasteiger partial charge >= 0.3 is 5.97 Å². The highest BCUT2D eigenvalue weighted by atomic mass is 19.1. The molecule has 0 saturated heterocycles. The van der Waals surface area contributed by atoms with Gasteiger partial charge in [0.2, 0.25) is 0 Å². The number of esters is 1. The molecule has 1 amide bonds. The van der Waals surface area contributed by atoms with E-state index in [0.29, 0.717) is 23.5 Å². The van der Waals surface area contributed by atoms with Crippen LogP contribution in [0.1, 0.15) is 23.0 Å². The normalized spacial score (nSPS) is 11.5. The number of furan rings is 1. The number of rotatable bonds is 7. The van der Waals surface area contributed by atoms with Gasteiger partial charge in [-0.3, -0.25) is 4.79 Å². The van der Waals surface area contributed by atoms with E-state index in [1.54, 1.807) is 36.6 Å². The predicted octanol–water partition coefficient (Wildman–Crippen LogP) is 4.21. The van der Waals surface area contributed by atoms with Crippen molar-refractivity contribution in [3.63, 3.8) is 0 Å². The number of benzene rings is 2. The van der Waals surface area contributed by atoms with Crippen molar-refractivity contribution < 1.29 is 23.1 Å². The van der Waals surface area contributed by atoms with Crippen molar-refractivity contribution in [2.24, 2.45) is 0 Å². The SMILES string of the molecule is C[C@H](OC(=O)c1ccccc1NCc1ccco1)C(=O)Nc1ccc(F)cc1. The molecule has 3 aromatic rings. The Labute approximate surface area is 161 Å². The lowest BCUT2D eigenvalue weighted by atomic mass is 10.1. The molecule has 0 spiro atoms. The second-order valence-corrected chi connectivity index (χ2v) is 6.02. The summed E-state index contributed by atoms with van der Waals surface area (Å²) in [6.45, 7) is 1.87. The highest BCUT2D eigenvalue weighted by Gasteiger charge is 2.21. The Bertz CT molecular complexity index is 939. The van der Waals surface area contributed by atoms with Crippen molar-refractivity contribution in [3.8, 4) is 0 Å². The van der Waals surface area contributed by atoms with E-state index in [-0.39, 0.29) is 0 Å². The quantitative estimate of drug-likeness (QED) is 0.598. The van der Waals surface area contributed by atoms with E-state index in [2.05, 4.69) is 10.6 Å². The Hall–Kier alpha value is -3.61. The first-order valence-electron chi connectivity index (χ1n) is 8.65. The van der Waals surface area contributed by atoms with Crippen LogP contribution in [0.2, 0.25) is 0 Å². The molecule has 0 aliphatic rings. The molecule has 1 aromatic heterocycles. The highest BCUT2D eigenvalue weighted by Crippen LogP contribution is 2.18. The molecule has 0 saturated carbocycles. The minimum Gasteiger partial charge on any atom is -0.467 e. The number of hydrogen-bond acceptors (Lipinski definition) is 5. The Morgan fingerprint density at radius 3 is 2.54 bits per heavy atom. The van der Waals surface area contributed by atoms with Gasteiger partial charge in [0.25, 0.3) is 5.91 Å². The molecule has 0 unspecified atom stereocenters. The lowest BCUT2D eigenvalue weighted by Gasteiger charge is -2.15. The monoisotopic (exact) mass is 382 g/mol. The van der Waals surface area contributed by atoms with Gasteiger partial charge in [-0.05, 0) is 55.5 Å². The molecule has 2 N–H and O–H groups in total. The summed E-state index contributed by atoms with van der Waals surface area (Å²) in [6, 6.07) is 15.7. The topological polar surface area (TPSA) is 80.6 Å². The summed E-state index contributed by atoms with van der Waals surface area (Å²) >= 11 is 0. The molecule has 7 heteroatoms. The minimum absolute atomic E-state index is 0.301. The maximum Gasteiger partial charge on any atom is 0.341 e. The van der Waals surface area contributed by atoms with Gasteiger partial charge in [-0.15, -0.1) is 0 Å². The second kappa shape index (κ2) is 8.85. The van der Waals surface area contributed by atoms with Gasteiger partial charge in [-0.1, -0.05) is 12.1 Å². The van der Waals surface area contributed by atoms with E-state index in [1.165, 1.54) is 31.2 Å². The van der Waals surface area contributed by atoms with Gasteiger partial charge in [0.05, 0.1) is 18.4 Å². The van der Waals surface area contributed by atoms with Gasteiger partial charge < -0.3 is 19.8 Å². The van der Waals surface area contributed by atoms with Gasteiger partial charge in [0.15, 0.2) is 6.10 Å². The smallest absolute Gasteiger partial charge is 0.341 e. The summed E-state index contributed by atoms with van der Waals surface area (Å²) in [5.41, 5.74) is 1.28. The zero-order valence-electron chi connectivity index (χ0n) is 15.1. The fourth-order valence-corrected chi connectivity index (χ4v) is 2.47. The average Bonchev–Trinajstić information content (AvgIpc) is 3.22. The molecule has 0 aliphatic carbocycles. The van der Waals surface area contributed by atoms with Crippen LogP contribution in [-0.2, 0) is 16.1 Å². The second-order valence-electron chi connectivity index (χ2n) is 6.02. The van der Waals surface area contributed by atoms with E-state index in [9.17, 15) is 14.0 Å². The third kappa shape index (κ3) is 4.97.